The number of nitrogens with two attached hydrogens (primary N) is 1. The Kier molecular flexibility index (Phi) is 8.40. The van der Waals surface area contributed by atoms with Gasteiger partial charge in [-0.15, -0.1) is 0 Å². The molecule has 0 spiro atoms. The molecular weight excluding hydrogens is 164 g/mol. The third-order valence-electron chi connectivity index (χ3n) is 2.20. The fourth-order valence-electron chi connectivity index (χ4n) is 1.33. The largest absolute Gasteiger partial charge is 0.395 e. The van der Waals surface area contributed by atoms with Gasteiger partial charge in [-0.05, 0) is 26.9 Å². The van der Waals surface area contributed by atoms with Crippen molar-refractivity contribution in [3.8, 4) is 0 Å². The van der Waals surface area contributed by atoms with Gasteiger partial charge in [0.05, 0.1) is 6.61 Å². The van der Waals surface area contributed by atoms with Gasteiger partial charge in [0.2, 0.25) is 0 Å². The second-order valence-corrected chi connectivity index (χ2v) is 3.92. The van der Waals surface area contributed by atoms with Crippen molar-refractivity contribution in [1.29, 1.82) is 0 Å². The van der Waals surface area contributed by atoms with Crippen molar-refractivity contribution in [3.63, 3.8) is 0 Å². The number of aliphatic hydroxyl groups is 1. The van der Waals surface area contributed by atoms with Crippen LogP contribution in [0, 0.1) is 0 Å². The third kappa shape index (κ3) is 9.80. The van der Waals surface area contributed by atoms with Gasteiger partial charge in [-0.25, -0.2) is 0 Å². The van der Waals surface area contributed by atoms with Gasteiger partial charge in [0.15, 0.2) is 0 Å². The van der Waals surface area contributed by atoms with Gasteiger partial charge in [-0.3, -0.25) is 0 Å². The summed E-state index contributed by atoms with van der Waals surface area (Å²) >= 11 is 0. The quantitative estimate of drug-likeness (QED) is 0.674. The first-order valence-electron chi connectivity index (χ1n) is 5.18. The average molecular weight is 188 g/mol. The van der Waals surface area contributed by atoms with E-state index in [1.807, 2.05) is 19.0 Å². The normalized spacial score (nSPS) is 18.2. The first kappa shape index (κ1) is 12.9. The molecule has 80 valence electrons. The second-order valence-electron chi connectivity index (χ2n) is 3.92. The van der Waals surface area contributed by atoms with Crippen molar-refractivity contribution in [2.75, 3.05) is 27.2 Å². The number of rotatable bonds is 2. The summed E-state index contributed by atoms with van der Waals surface area (Å²) in [6.45, 7) is 1.02. The molecule has 0 bridgehead atoms. The first-order valence-corrected chi connectivity index (χ1v) is 5.18. The zero-order valence-corrected chi connectivity index (χ0v) is 9.00. The van der Waals surface area contributed by atoms with Gasteiger partial charge >= 0.3 is 0 Å². The fraction of sp³-hybridized carbons (Fsp3) is 1.00. The molecular formula is C10H24N2O. The summed E-state index contributed by atoms with van der Waals surface area (Å²) in [4.78, 5) is 1.93. The maximum atomic E-state index is 8.20. The summed E-state index contributed by atoms with van der Waals surface area (Å²) in [6, 6.07) is 0.536. The van der Waals surface area contributed by atoms with Gasteiger partial charge in [0, 0.05) is 12.6 Å². The summed E-state index contributed by atoms with van der Waals surface area (Å²) in [5.41, 5.74) is 5.63. The van der Waals surface area contributed by atoms with Crippen molar-refractivity contribution >= 4 is 0 Å². The highest BCUT2D eigenvalue weighted by atomic mass is 16.3. The maximum absolute atomic E-state index is 8.20. The summed E-state index contributed by atoms with van der Waals surface area (Å²) in [5, 5.41) is 8.20. The molecule has 13 heavy (non-hydrogen) atoms. The molecule has 0 amide bonds. The van der Waals surface area contributed by atoms with Crippen molar-refractivity contribution < 1.29 is 5.11 Å². The Labute approximate surface area is 81.9 Å². The van der Waals surface area contributed by atoms with E-state index in [0.29, 0.717) is 6.04 Å². The van der Waals surface area contributed by atoms with E-state index in [4.69, 9.17) is 10.8 Å². The zero-order chi connectivity index (χ0) is 10.1. The Morgan fingerprint density at radius 2 is 1.77 bits per heavy atom. The second kappa shape index (κ2) is 8.48. The van der Waals surface area contributed by atoms with Crippen molar-refractivity contribution in [1.82, 2.24) is 4.90 Å². The highest BCUT2D eigenvalue weighted by molar-refractivity contribution is 4.66. The minimum absolute atomic E-state index is 0.257. The summed E-state index contributed by atoms with van der Waals surface area (Å²) in [7, 11) is 3.85. The smallest absolute Gasteiger partial charge is 0.0558 e. The molecule has 3 heteroatoms. The van der Waals surface area contributed by atoms with Gasteiger partial charge in [-0.2, -0.15) is 0 Å². The van der Waals surface area contributed by atoms with Crippen LogP contribution in [0.4, 0.5) is 0 Å². The van der Waals surface area contributed by atoms with Gasteiger partial charge in [-0.1, -0.05) is 19.3 Å². The van der Waals surface area contributed by atoms with Gasteiger partial charge in [0.1, 0.15) is 0 Å². The Balaban J connectivity index is 0.000000226. The van der Waals surface area contributed by atoms with E-state index in [0.717, 1.165) is 6.54 Å². The van der Waals surface area contributed by atoms with Crippen LogP contribution < -0.4 is 5.73 Å². The predicted octanol–water partition coefficient (Wildman–Crippen LogP) is 0.818. The molecule has 3 N–H and O–H groups in total. The molecule has 0 radical (unpaired) electrons. The zero-order valence-electron chi connectivity index (χ0n) is 9.00. The van der Waals surface area contributed by atoms with Crippen molar-refractivity contribution in [2.45, 2.75) is 38.1 Å². The van der Waals surface area contributed by atoms with E-state index < -0.39 is 0 Å². The van der Waals surface area contributed by atoms with Crippen LogP contribution in [0.1, 0.15) is 32.1 Å². The van der Waals surface area contributed by atoms with Crippen LogP contribution in [0.15, 0.2) is 0 Å². The van der Waals surface area contributed by atoms with E-state index in [1.165, 1.54) is 32.1 Å². The Morgan fingerprint density at radius 3 is 1.92 bits per heavy atom. The van der Waals surface area contributed by atoms with E-state index >= 15 is 0 Å². The molecule has 0 aromatic carbocycles. The Hall–Kier alpha value is -0.120. The van der Waals surface area contributed by atoms with Crippen LogP contribution in [-0.4, -0.2) is 43.3 Å². The molecule has 0 aromatic rings. The minimum atomic E-state index is 0.257. The highest BCUT2D eigenvalue weighted by Crippen LogP contribution is 2.14. The monoisotopic (exact) mass is 188 g/mol. The SMILES string of the molecule is CN(C)CCO.NC1CCCCC1. The molecule has 1 saturated carbocycles. The summed E-state index contributed by atoms with van der Waals surface area (Å²) in [5.74, 6) is 0. The molecule has 0 heterocycles. The number of aliphatic hydroxyl groups excluding tert-OH is 1. The lowest BCUT2D eigenvalue weighted by Gasteiger charge is -2.15. The van der Waals surface area contributed by atoms with Gasteiger partial charge < -0.3 is 15.7 Å². The van der Waals surface area contributed by atoms with Crippen molar-refractivity contribution in [3.05, 3.63) is 0 Å². The van der Waals surface area contributed by atoms with Crippen LogP contribution in [-0.2, 0) is 0 Å². The molecule has 0 atom stereocenters. The van der Waals surface area contributed by atoms with Crippen molar-refractivity contribution in [2.24, 2.45) is 5.73 Å². The van der Waals surface area contributed by atoms with Crippen LogP contribution in [0.2, 0.25) is 0 Å². The standard InChI is InChI=1S/C6H13N.C4H11NO/c7-6-4-2-1-3-5-6;1-5(2)3-4-6/h6H,1-5,7H2;6H,3-4H2,1-2H3. The summed E-state index contributed by atoms with van der Waals surface area (Å²) in [6.07, 6.45) is 6.66. The van der Waals surface area contributed by atoms with Crippen LogP contribution in [0.5, 0.6) is 0 Å². The molecule has 0 saturated heterocycles. The Bertz CT molecular complexity index is 101. The number of hydrogen-bond donors (Lipinski definition) is 2. The average Bonchev–Trinajstić information content (AvgIpc) is 2.06. The molecule has 1 rings (SSSR count). The molecule has 1 aliphatic rings. The lowest BCUT2D eigenvalue weighted by Crippen LogP contribution is -2.22. The predicted molar refractivity (Wildman–Crippen MR) is 56.7 cm³/mol. The maximum Gasteiger partial charge on any atom is 0.0558 e. The number of nitrogens with zero attached hydrogens (tertiary/aromatic N) is 1. The molecule has 0 aromatic heterocycles. The molecule has 0 aliphatic heterocycles. The fourth-order valence-corrected chi connectivity index (χ4v) is 1.33. The lowest BCUT2D eigenvalue weighted by atomic mass is 9.97. The van der Waals surface area contributed by atoms with Gasteiger partial charge in [0.25, 0.3) is 0 Å². The van der Waals surface area contributed by atoms with E-state index in [1.54, 1.807) is 0 Å². The highest BCUT2D eigenvalue weighted by Gasteiger charge is 2.06. The molecule has 1 aliphatic carbocycles. The molecule has 1 fully saturated rings. The summed E-state index contributed by atoms with van der Waals surface area (Å²) < 4.78 is 0. The third-order valence-corrected chi connectivity index (χ3v) is 2.20. The molecule has 0 unspecified atom stereocenters. The van der Waals surface area contributed by atoms with Crippen LogP contribution >= 0.6 is 0 Å². The molecule has 3 nitrogen and oxygen atoms in total. The minimum Gasteiger partial charge on any atom is -0.395 e. The lowest BCUT2D eigenvalue weighted by molar-refractivity contribution is 0.243. The first-order chi connectivity index (χ1) is 6.16. The van der Waals surface area contributed by atoms with E-state index in [-0.39, 0.29) is 6.61 Å². The van der Waals surface area contributed by atoms with Crippen LogP contribution in [0.3, 0.4) is 0 Å². The Morgan fingerprint density at radius 1 is 1.23 bits per heavy atom. The number of hydrogen-bond acceptors (Lipinski definition) is 3. The van der Waals surface area contributed by atoms with E-state index in [2.05, 4.69) is 0 Å². The van der Waals surface area contributed by atoms with Crippen LogP contribution in [0.25, 0.3) is 0 Å². The van der Waals surface area contributed by atoms with E-state index in [9.17, 15) is 0 Å². The number of likely N-dealkylation sites (N-methyl/N-ethyl adjacent to an activating group) is 1. The topological polar surface area (TPSA) is 49.5 Å².